The summed E-state index contributed by atoms with van der Waals surface area (Å²) in [5, 5.41) is 3.71. The summed E-state index contributed by atoms with van der Waals surface area (Å²) in [5.41, 5.74) is 3.26. The fourth-order valence-corrected chi connectivity index (χ4v) is 5.14. The monoisotopic (exact) mass is 545 g/mol. The van der Waals surface area contributed by atoms with Crippen molar-refractivity contribution in [1.82, 2.24) is 14.1 Å². The van der Waals surface area contributed by atoms with Gasteiger partial charge in [-0.3, -0.25) is 13.3 Å². The lowest BCUT2D eigenvalue weighted by atomic mass is 10.1. The fourth-order valence-electron chi connectivity index (χ4n) is 3.46. The van der Waals surface area contributed by atoms with E-state index in [1.54, 1.807) is 36.4 Å². The first-order valence-electron chi connectivity index (χ1n) is 10.4. The number of carbonyl (C=O) groups is 1. The minimum absolute atomic E-state index is 0.139. The molecule has 0 fully saturated rings. The Morgan fingerprint density at radius 2 is 1.86 bits per heavy atom. The smallest absolute Gasteiger partial charge is 0.253 e. The third kappa shape index (κ3) is 6.06. The standard InChI is InChI=1S/C24H20Cl2N4O3S2/c1-15-7-10-19(24(31)27-14-17-8-9-18(25)13-20(17)26)22(11-15)30(35(32)33)23-21(28-34-29-23)12-16-5-3-2-4-6-16/h2-11,13H,12,14H2,1H3,(H,27,31)(H,32,33)/p-1. The normalized spacial score (nSPS) is 11.8. The van der Waals surface area contributed by atoms with Gasteiger partial charge in [-0.15, -0.1) is 0 Å². The molecule has 1 amide bonds. The third-order valence-electron chi connectivity index (χ3n) is 5.16. The van der Waals surface area contributed by atoms with Gasteiger partial charge >= 0.3 is 0 Å². The number of hydrogen-bond donors (Lipinski definition) is 1. The second-order valence-electron chi connectivity index (χ2n) is 7.65. The number of hydrogen-bond acceptors (Lipinski definition) is 6. The van der Waals surface area contributed by atoms with Gasteiger partial charge in [0.15, 0.2) is 5.82 Å². The van der Waals surface area contributed by atoms with Crippen molar-refractivity contribution >= 4 is 63.6 Å². The molecule has 4 aromatic rings. The molecule has 1 unspecified atom stereocenters. The summed E-state index contributed by atoms with van der Waals surface area (Å²) in [6.07, 6.45) is 0.392. The lowest BCUT2D eigenvalue weighted by Gasteiger charge is -2.27. The van der Waals surface area contributed by atoms with Gasteiger partial charge in [0.05, 0.1) is 34.2 Å². The molecule has 0 bridgehead atoms. The van der Waals surface area contributed by atoms with Crippen LogP contribution in [-0.2, 0) is 24.2 Å². The van der Waals surface area contributed by atoms with Crippen molar-refractivity contribution in [2.75, 3.05) is 4.31 Å². The van der Waals surface area contributed by atoms with Crippen molar-refractivity contribution in [1.29, 1.82) is 0 Å². The van der Waals surface area contributed by atoms with Crippen LogP contribution < -0.4 is 9.62 Å². The van der Waals surface area contributed by atoms with Crippen LogP contribution in [0.2, 0.25) is 10.0 Å². The van der Waals surface area contributed by atoms with Crippen LogP contribution in [-0.4, -0.2) is 23.4 Å². The van der Waals surface area contributed by atoms with Crippen molar-refractivity contribution in [2.45, 2.75) is 19.9 Å². The number of halogens is 2. The van der Waals surface area contributed by atoms with E-state index >= 15 is 0 Å². The summed E-state index contributed by atoms with van der Waals surface area (Å²) in [4.78, 5) is 13.2. The average Bonchev–Trinajstić information content (AvgIpc) is 3.26. The zero-order chi connectivity index (χ0) is 24.9. The number of benzene rings is 3. The largest absolute Gasteiger partial charge is 0.755 e. The highest BCUT2D eigenvalue weighted by molar-refractivity contribution is 7.81. The molecule has 0 aliphatic heterocycles. The Balaban J connectivity index is 1.67. The van der Waals surface area contributed by atoms with Gasteiger partial charge in [-0.2, -0.15) is 8.75 Å². The second kappa shape index (κ2) is 11.3. The zero-order valence-electron chi connectivity index (χ0n) is 18.4. The zero-order valence-corrected chi connectivity index (χ0v) is 21.5. The molecule has 0 saturated heterocycles. The molecule has 0 radical (unpaired) electrons. The Morgan fingerprint density at radius 1 is 1.09 bits per heavy atom. The number of amides is 1. The second-order valence-corrected chi connectivity index (χ2v) is 9.82. The van der Waals surface area contributed by atoms with Crippen molar-refractivity contribution in [3.05, 3.63) is 105 Å². The Kier molecular flexibility index (Phi) is 8.15. The lowest BCUT2D eigenvalue weighted by Crippen LogP contribution is -2.28. The van der Waals surface area contributed by atoms with E-state index in [0.29, 0.717) is 27.7 Å². The van der Waals surface area contributed by atoms with E-state index in [1.165, 1.54) is 0 Å². The lowest BCUT2D eigenvalue weighted by molar-refractivity contribution is 0.0951. The maximum Gasteiger partial charge on any atom is 0.253 e. The van der Waals surface area contributed by atoms with Crippen LogP contribution in [0.25, 0.3) is 0 Å². The van der Waals surface area contributed by atoms with E-state index in [0.717, 1.165) is 27.2 Å². The molecule has 1 atom stereocenters. The Bertz CT molecular complexity index is 1380. The van der Waals surface area contributed by atoms with Gasteiger partial charge in [0.2, 0.25) is 0 Å². The summed E-state index contributed by atoms with van der Waals surface area (Å²) in [6, 6.07) is 19.5. The van der Waals surface area contributed by atoms with Crippen LogP contribution in [0.4, 0.5) is 11.5 Å². The van der Waals surface area contributed by atoms with Crippen molar-refractivity contribution in [3.8, 4) is 0 Å². The number of rotatable bonds is 8. The van der Waals surface area contributed by atoms with Crippen molar-refractivity contribution in [2.24, 2.45) is 0 Å². The average molecular weight is 546 g/mol. The first kappa shape index (κ1) is 25.3. The highest BCUT2D eigenvalue weighted by Gasteiger charge is 2.24. The van der Waals surface area contributed by atoms with E-state index in [9.17, 15) is 13.6 Å². The first-order chi connectivity index (χ1) is 16.8. The summed E-state index contributed by atoms with van der Waals surface area (Å²) >= 11 is 10.3. The SMILES string of the molecule is Cc1ccc(C(=O)NCc2ccc(Cl)cc2Cl)c(N(c2nsnc2Cc2ccccc2)S(=O)[O-])c1. The van der Waals surface area contributed by atoms with Crippen LogP contribution in [0, 0.1) is 6.92 Å². The topological polar surface area (TPSA) is 98.2 Å². The van der Waals surface area contributed by atoms with E-state index in [4.69, 9.17) is 23.2 Å². The van der Waals surface area contributed by atoms with Crippen LogP contribution in [0.5, 0.6) is 0 Å². The molecule has 0 saturated carbocycles. The summed E-state index contributed by atoms with van der Waals surface area (Å²) in [7, 11) is 0. The Morgan fingerprint density at radius 3 is 2.57 bits per heavy atom. The number of anilines is 2. The molecule has 11 heteroatoms. The van der Waals surface area contributed by atoms with Crippen molar-refractivity contribution in [3.63, 3.8) is 0 Å². The van der Waals surface area contributed by atoms with Gasteiger partial charge in [0.25, 0.3) is 5.91 Å². The van der Waals surface area contributed by atoms with E-state index < -0.39 is 17.2 Å². The van der Waals surface area contributed by atoms with E-state index in [-0.39, 0.29) is 23.6 Å². The van der Waals surface area contributed by atoms with Crippen LogP contribution in [0.15, 0.2) is 66.7 Å². The number of aryl methyl sites for hydroxylation is 1. The first-order valence-corrected chi connectivity index (χ1v) is 12.9. The predicted molar refractivity (Wildman–Crippen MR) is 139 cm³/mol. The third-order valence-corrected chi connectivity index (χ3v) is 6.97. The van der Waals surface area contributed by atoms with Gasteiger partial charge in [-0.05, 0) is 47.9 Å². The quantitative estimate of drug-likeness (QED) is 0.290. The van der Waals surface area contributed by atoms with E-state index in [1.807, 2.05) is 37.3 Å². The summed E-state index contributed by atoms with van der Waals surface area (Å²) in [6.45, 7) is 1.95. The van der Waals surface area contributed by atoms with Gasteiger partial charge in [-0.25, -0.2) is 0 Å². The molecule has 1 N–H and O–H groups in total. The minimum Gasteiger partial charge on any atom is -0.755 e. The molecular formula is C24H19Cl2N4O3S2-. The maximum atomic E-state index is 13.2. The van der Waals surface area contributed by atoms with Crippen LogP contribution >= 0.6 is 34.9 Å². The minimum atomic E-state index is -2.76. The van der Waals surface area contributed by atoms with Crippen LogP contribution in [0.1, 0.15) is 32.7 Å². The summed E-state index contributed by atoms with van der Waals surface area (Å²) < 4.78 is 34.5. The highest BCUT2D eigenvalue weighted by atomic mass is 35.5. The molecule has 3 aromatic carbocycles. The fraction of sp³-hybridized carbons (Fsp3) is 0.125. The number of nitrogens with one attached hydrogen (secondary N) is 1. The van der Waals surface area contributed by atoms with Gasteiger partial charge < -0.3 is 9.87 Å². The molecule has 0 aliphatic rings. The molecule has 0 spiro atoms. The Labute approximate surface area is 219 Å². The molecule has 4 rings (SSSR count). The Hall–Kier alpha value is -2.82. The molecule has 1 heterocycles. The number of aromatic nitrogens is 2. The summed E-state index contributed by atoms with van der Waals surface area (Å²) in [5.74, 6) is -0.304. The number of carbonyl (C=O) groups excluding carboxylic acids is 1. The van der Waals surface area contributed by atoms with Crippen molar-refractivity contribution < 1.29 is 13.6 Å². The molecule has 0 aliphatic carbocycles. The highest BCUT2D eigenvalue weighted by Crippen LogP contribution is 2.33. The maximum absolute atomic E-state index is 13.2. The predicted octanol–water partition coefficient (Wildman–Crippen LogP) is 5.61. The van der Waals surface area contributed by atoms with Gasteiger partial charge in [0.1, 0.15) is 5.69 Å². The van der Waals surface area contributed by atoms with Gasteiger partial charge in [-0.1, -0.05) is 65.7 Å². The molecule has 180 valence electrons. The molecule has 1 aromatic heterocycles. The molecule has 35 heavy (non-hydrogen) atoms. The van der Waals surface area contributed by atoms with Gasteiger partial charge in [0, 0.05) is 23.0 Å². The van der Waals surface area contributed by atoms with E-state index in [2.05, 4.69) is 14.1 Å². The molecular weight excluding hydrogens is 527 g/mol. The van der Waals surface area contributed by atoms with Crippen LogP contribution in [0.3, 0.4) is 0 Å². The number of nitrogens with zero attached hydrogens (tertiary/aromatic N) is 3. The molecule has 7 nitrogen and oxygen atoms in total.